The van der Waals surface area contributed by atoms with Crippen LogP contribution in [0, 0.1) is 0 Å². The molecule has 0 saturated carbocycles. The fraction of sp³-hybridized carbons (Fsp3) is 0.500. The van der Waals surface area contributed by atoms with Gasteiger partial charge in [-0.25, -0.2) is 4.79 Å². The van der Waals surface area contributed by atoms with Crippen molar-refractivity contribution in [2.45, 2.75) is 19.1 Å². The molecule has 6 heteroatoms. The average Bonchev–Trinajstić information content (AvgIpc) is 2.29. The van der Waals surface area contributed by atoms with Crippen molar-refractivity contribution >= 4 is 17.7 Å². The topological polar surface area (TPSA) is 82.5 Å². The zero-order chi connectivity index (χ0) is 13.6. The summed E-state index contributed by atoms with van der Waals surface area (Å²) >= 11 is 1.59. The number of aromatic nitrogens is 1. The first kappa shape index (κ1) is 14.9. The van der Waals surface area contributed by atoms with Gasteiger partial charge in [0.1, 0.15) is 0 Å². The minimum absolute atomic E-state index is 0.174. The van der Waals surface area contributed by atoms with E-state index in [1.165, 1.54) is 12.3 Å². The number of carboxylic acid groups (broad SMARTS) is 1. The summed E-state index contributed by atoms with van der Waals surface area (Å²) in [6.45, 7) is 2.75. The molecule has 0 bridgehead atoms. The van der Waals surface area contributed by atoms with Crippen LogP contribution in [-0.2, 0) is 6.54 Å². The third-order valence-electron chi connectivity index (χ3n) is 2.34. The minimum atomic E-state index is -0.982. The summed E-state index contributed by atoms with van der Waals surface area (Å²) < 4.78 is 0. The molecule has 100 valence electrons. The molecule has 3 N–H and O–H groups in total. The van der Waals surface area contributed by atoms with Crippen molar-refractivity contribution in [2.24, 2.45) is 0 Å². The maximum absolute atomic E-state index is 10.6. The number of thioether (sulfide) groups is 1. The van der Waals surface area contributed by atoms with Crippen LogP contribution in [0.25, 0.3) is 0 Å². The summed E-state index contributed by atoms with van der Waals surface area (Å²) in [6, 6.07) is 3.19. The number of nitrogens with one attached hydrogen (secondary N) is 1. The average molecular weight is 270 g/mol. The largest absolute Gasteiger partial charge is 0.478 e. The predicted octanol–water partition coefficient (Wildman–Crippen LogP) is 0.983. The summed E-state index contributed by atoms with van der Waals surface area (Å²) in [5.74, 6) is -0.323. The van der Waals surface area contributed by atoms with Gasteiger partial charge in [0.2, 0.25) is 0 Å². The van der Waals surface area contributed by atoms with Gasteiger partial charge in [-0.05, 0) is 25.3 Å². The van der Waals surface area contributed by atoms with E-state index < -0.39 is 11.6 Å². The first-order chi connectivity index (χ1) is 8.44. The number of carboxylic acids is 1. The Labute approximate surface area is 111 Å². The highest BCUT2D eigenvalue weighted by molar-refractivity contribution is 7.98. The molecule has 1 aromatic heterocycles. The first-order valence-electron chi connectivity index (χ1n) is 5.55. The van der Waals surface area contributed by atoms with Crippen molar-refractivity contribution in [3.63, 3.8) is 0 Å². The van der Waals surface area contributed by atoms with E-state index in [1.54, 1.807) is 24.8 Å². The van der Waals surface area contributed by atoms with Crippen LogP contribution in [0.3, 0.4) is 0 Å². The summed E-state index contributed by atoms with van der Waals surface area (Å²) in [5, 5.41) is 21.8. The van der Waals surface area contributed by atoms with Gasteiger partial charge in [0.05, 0.1) is 16.9 Å². The molecular formula is C12H18N2O3S. The van der Waals surface area contributed by atoms with Crippen LogP contribution in [0.2, 0.25) is 0 Å². The van der Waals surface area contributed by atoms with Gasteiger partial charge in [-0.2, -0.15) is 11.8 Å². The predicted molar refractivity (Wildman–Crippen MR) is 71.9 cm³/mol. The molecule has 1 unspecified atom stereocenters. The summed E-state index contributed by atoms with van der Waals surface area (Å²) in [5.41, 5.74) is 0.175. The quantitative estimate of drug-likeness (QED) is 0.685. The summed E-state index contributed by atoms with van der Waals surface area (Å²) in [4.78, 5) is 14.7. The highest BCUT2D eigenvalue weighted by atomic mass is 32.2. The second kappa shape index (κ2) is 6.72. The van der Waals surface area contributed by atoms with E-state index in [0.29, 0.717) is 18.8 Å². The lowest BCUT2D eigenvalue weighted by Crippen LogP contribution is -2.39. The van der Waals surface area contributed by atoms with Crippen molar-refractivity contribution in [1.29, 1.82) is 0 Å². The number of aliphatic hydroxyl groups is 1. The molecule has 0 saturated heterocycles. The van der Waals surface area contributed by atoms with Crippen LogP contribution in [-0.4, -0.2) is 45.3 Å². The first-order valence-corrected chi connectivity index (χ1v) is 6.94. The summed E-state index contributed by atoms with van der Waals surface area (Å²) in [7, 11) is 0. The minimum Gasteiger partial charge on any atom is -0.478 e. The van der Waals surface area contributed by atoms with Crippen molar-refractivity contribution in [2.75, 3.05) is 18.6 Å². The van der Waals surface area contributed by atoms with Gasteiger partial charge in [-0.3, -0.25) is 4.98 Å². The standard InChI is InChI=1S/C12H18N2O3S/c1-12(17,8-18-2)7-13-6-10-4-3-9(5-14-10)11(15)16/h3-5,13,17H,6-8H2,1-2H3,(H,15,16). The van der Waals surface area contributed by atoms with E-state index in [9.17, 15) is 9.90 Å². The number of pyridine rings is 1. The number of carbonyl (C=O) groups is 1. The van der Waals surface area contributed by atoms with Crippen LogP contribution < -0.4 is 5.32 Å². The molecule has 1 aromatic rings. The van der Waals surface area contributed by atoms with Crippen LogP contribution in [0.15, 0.2) is 18.3 Å². The molecule has 0 aliphatic carbocycles. The smallest absolute Gasteiger partial charge is 0.337 e. The molecule has 0 amide bonds. The van der Waals surface area contributed by atoms with Gasteiger partial charge in [-0.15, -0.1) is 0 Å². The van der Waals surface area contributed by atoms with E-state index in [0.717, 1.165) is 5.69 Å². The van der Waals surface area contributed by atoms with E-state index in [4.69, 9.17) is 5.11 Å². The van der Waals surface area contributed by atoms with Gasteiger partial charge in [-0.1, -0.05) is 0 Å². The maximum Gasteiger partial charge on any atom is 0.337 e. The lowest BCUT2D eigenvalue weighted by atomic mass is 10.1. The normalized spacial score (nSPS) is 14.2. The molecule has 0 aromatic carbocycles. The maximum atomic E-state index is 10.6. The third kappa shape index (κ3) is 5.03. The number of hydrogen-bond acceptors (Lipinski definition) is 5. The Morgan fingerprint density at radius 3 is 2.78 bits per heavy atom. The molecule has 0 radical (unpaired) electrons. The highest BCUT2D eigenvalue weighted by Gasteiger charge is 2.18. The molecule has 0 fully saturated rings. The van der Waals surface area contributed by atoms with Gasteiger partial charge < -0.3 is 15.5 Å². The number of nitrogens with zero attached hydrogens (tertiary/aromatic N) is 1. The Balaban J connectivity index is 2.42. The zero-order valence-electron chi connectivity index (χ0n) is 10.5. The monoisotopic (exact) mass is 270 g/mol. The third-order valence-corrected chi connectivity index (χ3v) is 3.25. The van der Waals surface area contributed by atoms with Crippen LogP contribution in [0.4, 0.5) is 0 Å². The van der Waals surface area contributed by atoms with Crippen molar-refractivity contribution in [3.8, 4) is 0 Å². The highest BCUT2D eigenvalue weighted by Crippen LogP contribution is 2.09. The van der Waals surface area contributed by atoms with E-state index in [-0.39, 0.29) is 5.56 Å². The van der Waals surface area contributed by atoms with Gasteiger partial charge in [0, 0.05) is 25.0 Å². The van der Waals surface area contributed by atoms with Crippen molar-refractivity contribution in [3.05, 3.63) is 29.6 Å². The van der Waals surface area contributed by atoms with Crippen LogP contribution >= 0.6 is 11.8 Å². The molecule has 0 spiro atoms. The lowest BCUT2D eigenvalue weighted by molar-refractivity contribution is 0.0696. The molecule has 1 heterocycles. The van der Waals surface area contributed by atoms with E-state index >= 15 is 0 Å². The molecule has 1 rings (SSSR count). The Bertz CT molecular complexity index is 393. The zero-order valence-corrected chi connectivity index (χ0v) is 11.3. The Morgan fingerprint density at radius 1 is 1.56 bits per heavy atom. The number of aromatic carboxylic acids is 1. The second-order valence-electron chi connectivity index (χ2n) is 4.38. The van der Waals surface area contributed by atoms with Gasteiger partial charge in [0.25, 0.3) is 0 Å². The van der Waals surface area contributed by atoms with Crippen molar-refractivity contribution < 1.29 is 15.0 Å². The van der Waals surface area contributed by atoms with Gasteiger partial charge >= 0.3 is 5.97 Å². The number of rotatable bonds is 7. The summed E-state index contributed by atoms with van der Waals surface area (Å²) in [6.07, 6.45) is 3.28. The van der Waals surface area contributed by atoms with Gasteiger partial charge in [0.15, 0.2) is 0 Å². The molecule has 0 aliphatic rings. The van der Waals surface area contributed by atoms with E-state index in [2.05, 4.69) is 10.3 Å². The number of hydrogen-bond donors (Lipinski definition) is 3. The Hall–Kier alpha value is -1.11. The van der Waals surface area contributed by atoms with E-state index in [1.807, 2.05) is 6.26 Å². The molecule has 18 heavy (non-hydrogen) atoms. The fourth-order valence-electron chi connectivity index (χ4n) is 1.48. The van der Waals surface area contributed by atoms with Crippen molar-refractivity contribution in [1.82, 2.24) is 10.3 Å². The lowest BCUT2D eigenvalue weighted by Gasteiger charge is -2.22. The molecule has 0 aliphatic heterocycles. The molecular weight excluding hydrogens is 252 g/mol. The van der Waals surface area contributed by atoms with Crippen LogP contribution in [0.1, 0.15) is 23.0 Å². The Kier molecular flexibility index (Phi) is 5.58. The van der Waals surface area contributed by atoms with Crippen LogP contribution in [0.5, 0.6) is 0 Å². The fourth-order valence-corrected chi connectivity index (χ4v) is 2.20. The SMILES string of the molecule is CSCC(C)(O)CNCc1ccc(C(=O)O)cn1. The second-order valence-corrected chi connectivity index (χ2v) is 5.24. The molecule has 1 atom stereocenters. The molecule has 5 nitrogen and oxygen atoms in total. The Morgan fingerprint density at radius 2 is 2.28 bits per heavy atom.